The molecule has 0 saturated carbocycles. The fraction of sp³-hybridized carbons (Fsp3) is 0.533. The van der Waals surface area contributed by atoms with Crippen LogP contribution in [-0.2, 0) is 16.0 Å². The molecule has 5 heteroatoms. The Hall–Kier alpha value is -1.10. The first-order valence-corrected chi connectivity index (χ1v) is 6.78. The summed E-state index contributed by atoms with van der Waals surface area (Å²) >= 11 is 0. The Morgan fingerprint density at radius 3 is 2.55 bits per heavy atom. The molecule has 0 unspecified atom stereocenters. The minimum atomic E-state index is 0. The number of nitrogens with zero attached hydrogens (tertiary/aromatic N) is 1. The lowest BCUT2D eigenvalue weighted by molar-refractivity contribution is -0.131. The third-order valence-corrected chi connectivity index (χ3v) is 3.01. The van der Waals surface area contributed by atoms with Crippen molar-refractivity contribution in [2.45, 2.75) is 19.3 Å². The van der Waals surface area contributed by atoms with Crippen molar-refractivity contribution in [1.29, 1.82) is 0 Å². The summed E-state index contributed by atoms with van der Waals surface area (Å²) in [4.78, 5) is 13.7. The molecular weight excluding hydrogens is 276 g/mol. The predicted molar refractivity (Wildman–Crippen MR) is 84.1 cm³/mol. The van der Waals surface area contributed by atoms with E-state index in [0.29, 0.717) is 26.1 Å². The Balaban J connectivity index is 0.00000361. The van der Waals surface area contributed by atoms with Gasteiger partial charge in [0.25, 0.3) is 0 Å². The van der Waals surface area contributed by atoms with Crippen LogP contribution in [0.3, 0.4) is 0 Å². The monoisotopic (exact) mass is 300 g/mol. The van der Waals surface area contributed by atoms with Gasteiger partial charge in [0.2, 0.25) is 5.91 Å². The van der Waals surface area contributed by atoms with Crippen LogP contribution < -0.4 is 5.73 Å². The Morgan fingerprint density at radius 2 is 1.95 bits per heavy atom. The van der Waals surface area contributed by atoms with Crippen molar-refractivity contribution in [3.8, 4) is 0 Å². The lowest BCUT2D eigenvalue weighted by Gasteiger charge is -2.22. The van der Waals surface area contributed by atoms with Crippen LogP contribution in [0.25, 0.3) is 0 Å². The highest BCUT2D eigenvalue weighted by Gasteiger charge is 2.11. The first kappa shape index (κ1) is 18.9. The van der Waals surface area contributed by atoms with Gasteiger partial charge in [0.15, 0.2) is 0 Å². The van der Waals surface area contributed by atoms with E-state index in [-0.39, 0.29) is 18.3 Å². The van der Waals surface area contributed by atoms with Gasteiger partial charge in [-0.05, 0) is 18.4 Å². The van der Waals surface area contributed by atoms with E-state index in [1.807, 2.05) is 23.1 Å². The first-order valence-electron chi connectivity index (χ1n) is 6.78. The molecule has 20 heavy (non-hydrogen) atoms. The largest absolute Gasteiger partial charge is 0.383 e. The SMILES string of the molecule is COCCN(CCCc1ccccc1)C(=O)CCN.Cl. The molecule has 0 saturated heterocycles. The standard InChI is InChI=1S/C15H24N2O2.ClH/c1-19-13-12-17(15(18)9-10-16)11-5-8-14-6-3-2-4-7-14;/h2-4,6-7H,5,8-13,16H2,1H3;1H. The molecule has 0 aliphatic rings. The van der Waals surface area contributed by atoms with Crippen molar-refractivity contribution in [3.63, 3.8) is 0 Å². The minimum absolute atomic E-state index is 0. The van der Waals surface area contributed by atoms with Crippen molar-refractivity contribution >= 4 is 18.3 Å². The van der Waals surface area contributed by atoms with E-state index in [1.54, 1.807) is 7.11 Å². The second-order valence-corrected chi connectivity index (χ2v) is 4.50. The second-order valence-electron chi connectivity index (χ2n) is 4.50. The lowest BCUT2D eigenvalue weighted by atomic mass is 10.1. The summed E-state index contributed by atoms with van der Waals surface area (Å²) in [5.41, 5.74) is 6.74. The van der Waals surface area contributed by atoms with Gasteiger partial charge in [0, 0.05) is 33.2 Å². The molecule has 1 aromatic carbocycles. The van der Waals surface area contributed by atoms with Gasteiger partial charge in [-0.1, -0.05) is 30.3 Å². The Bertz CT molecular complexity index is 360. The van der Waals surface area contributed by atoms with Crippen LogP contribution in [-0.4, -0.2) is 44.2 Å². The van der Waals surface area contributed by atoms with Gasteiger partial charge in [-0.25, -0.2) is 0 Å². The third-order valence-electron chi connectivity index (χ3n) is 3.01. The number of amides is 1. The van der Waals surface area contributed by atoms with E-state index in [0.717, 1.165) is 19.4 Å². The topological polar surface area (TPSA) is 55.6 Å². The average Bonchev–Trinajstić information content (AvgIpc) is 2.44. The number of nitrogens with two attached hydrogens (primary N) is 1. The number of carbonyl (C=O) groups is 1. The van der Waals surface area contributed by atoms with Crippen molar-refractivity contribution in [2.24, 2.45) is 5.73 Å². The normalized spacial score (nSPS) is 9.90. The molecule has 0 aliphatic carbocycles. The number of ether oxygens (including phenoxy) is 1. The summed E-state index contributed by atoms with van der Waals surface area (Å²) in [7, 11) is 1.65. The van der Waals surface area contributed by atoms with Crippen LogP contribution in [0.15, 0.2) is 30.3 Å². The van der Waals surface area contributed by atoms with Crippen molar-refractivity contribution in [3.05, 3.63) is 35.9 Å². The van der Waals surface area contributed by atoms with Gasteiger partial charge in [-0.2, -0.15) is 0 Å². The molecule has 0 atom stereocenters. The molecule has 0 spiro atoms. The van der Waals surface area contributed by atoms with Crippen LogP contribution >= 0.6 is 12.4 Å². The fourth-order valence-corrected chi connectivity index (χ4v) is 1.96. The van der Waals surface area contributed by atoms with Crippen LogP contribution in [0.5, 0.6) is 0 Å². The Morgan fingerprint density at radius 1 is 1.25 bits per heavy atom. The minimum Gasteiger partial charge on any atom is -0.383 e. The van der Waals surface area contributed by atoms with Gasteiger partial charge in [-0.3, -0.25) is 4.79 Å². The molecule has 1 amide bonds. The van der Waals surface area contributed by atoms with Gasteiger partial charge in [-0.15, -0.1) is 12.4 Å². The van der Waals surface area contributed by atoms with Crippen LogP contribution in [0.1, 0.15) is 18.4 Å². The second kappa shape index (κ2) is 11.7. The van der Waals surface area contributed by atoms with Gasteiger partial charge < -0.3 is 15.4 Å². The number of methoxy groups -OCH3 is 1. The van der Waals surface area contributed by atoms with Crippen LogP contribution in [0, 0.1) is 0 Å². The Labute approximate surface area is 127 Å². The fourth-order valence-electron chi connectivity index (χ4n) is 1.96. The van der Waals surface area contributed by atoms with Crippen molar-refractivity contribution in [2.75, 3.05) is 33.4 Å². The van der Waals surface area contributed by atoms with E-state index in [1.165, 1.54) is 5.56 Å². The molecule has 0 fully saturated rings. The molecular formula is C15H25ClN2O2. The van der Waals surface area contributed by atoms with Crippen molar-refractivity contribution < 1.29 is 9.53 Å². The summed E-state index contributed by atoms with van der Waals surface area (Å²) in [5, 5.41) is 0. The van der Waals surface area contributed by atoms with Crippen LogP contribution in [0.4, 0.5) is 0 Å². The number of hydrogen-bond acceptors (Lipinski definition) is 3. The summed E-state index contributed by atoms with van der Waals surface area (Å²) in [5.74, 6) is 0.118. The molecule has 0 radical (unpaired) electrons. The maximum Gasteiger partial charge on any atom is 0.223 e. The van der Waals surface area contributed by atoms with E-state index in [2.05, 4.69) is 12.1 Å². The Kier molecular flexibility index (Phi) is 11.1. The smallest absolute Gasteiger partial charge is 0.223 e. The lowest BCUT2D eigenvalue weighted by Crippen LogP contribution is -2.36. The quantitative estimate of drug-likeness (QED) is 0.757. The number of aryl methyl sites for hydroxylation is 1. The van der Waals surface area contributed by atoms with Crippen LogP contribution in [0.2, 0.25) is 0 Å². The number of hydrogen-bond donors (Lipinski definition) is 1. The van der Waals surface area contributed by atoms with Gasteiger partial charge in [0.1, 0.15) is 0 Å². The molecule has 0 aromatic heterocycles. The van der Waals surface area contributed by atoms with Crippen molar-refractivity contribution in [1.82, 2.24) is 4.90 Å². The summed E-state index contributed by atoms with van der Waals surface area (Å²) in [6, 6.07) is 10.3. The molecule has 0 aliphatic heterocycles. The molecule has 4 nitrogen and oxygen atoms in total. The van der Waals surface area contributed by atoms with E-state index in [4.69, 9.17) is 10.5 Å². The number of carbonyl (C=O) groups excluding carboxylic acids is 1. The zero-order chi connectivity index (χ0) is 13.9. The highest BCUT2D eigenvalue weighted by atomic mass is 35.5. The molecule has 2 N–H and O–H groups in total. The predicted octanol–water partition coefficient (Wildman–Crippen LogP) is 1.86. The zero-order valence-corrected chi connectivity index (χ0v) is 12.9. The number of rotatable bonds is 9. The highest BCUT2D eigenvalue weighted by Crippen LogP contribution is 2.04. The van der Waals surface area contributed by atoms with Gasteiger partial charge in [0.05, 0.1) is 6.61 Å². The average molecular weight is 301 g/mol. The maximum atomic E-state index is 11.9. The first-order chi connectivity index (χ1) is 9.27. The summed E-state index contributed by atoms with van der Waals surface area (Å²) in [6.45, 7) is 2.38. The molecule has 114 valence electrons. The zero-order valence-electron chi connectivity index (χ0n) is 12.1. The van der Waals surface area contributed by atoms with E-state index < -0.39 is 0 Å². The highest BCUT2D eigenvalue weighted by molar-refractivity contribution is 5.85. The summed E-state index contributed by atoms with van der Waals surface area (Å²) < 4.78 is 5.04. The number of benzene rings is 1. The van der Waals surface area contributed by atoms with E-state index in [9.17, 15) is 4.79 Å². The molecule has 1 rings (SSSR count). The molecule has 0 heterocycles. The third kappa shape index (κ3) is 7.48. The summed E-state index contributed by atoms with van der Waals surface area (Å²) in [6.07, 6.45) is 2.36. The number of halogens is 1. The molecule has 0 bridgehead atoms. The van der Waals surface area contributed by atoms with E-state index >= 15 is 0 Å². The van der Waals surface area contributed by atoms with Gasteiger partial charge >= 0.3 is 0 Å². The molecule has 1 aromatic rings. The maximum absolute atomic E-state index is 11.9.